The number of aliphatic hydroxyl groups excluding tert-OH is 1. The van der Waals surface area contributed by atoms with Crippen LogP contribution in [-0.2, 0) is 0 Å². The third-order valence-electron chi connectivity index (χ3n) is 3.34. The van der Waals surface area contributed by atoms with Crippen LogP contribution >= 0.6 is 0 Å². The molecular formula is C13H20N2O2. The molecule has 0 aliphatic carbocycles. The molecule has 1 saturated heterocycles. The minimum atomic E-state index is -0.471. The summed E-state index contributed by atoms with van der Waals surface area (Å²) in [6, 6.07) is 7.95. The Bertz CT molecular complexity index is 383. The first-order valence-electron chi connectivity index (χ1n) is 5.96. The van der Waals surface area contributed by atoms with Gasteiger partial charge in [-0.25, -0.2) is 0 Å². The minimum absolute atomic E-state index is 0.0352. The van der Waals surface area contributed by atoms with Crippen molar-refractivity contribution in [1.82, 2.24) is 0 Å². The zero-order chi connectivity index (χ0) is 12.3. The van der Waals surface area contributed by atoms with Crippen molar-refractivity contribution in [3.8, 4) is 5.75 Å². The van der Waals surface area contributed by atoms with Gasteiger partial charge in [0.1, 0.15) is 5.75 Å². The Morgan fingerprint density at radius 1 is 1.53 bits per heavy atom. The fourth-order valence-electron chi connectivity index (χ4n) is 2.32. The Labute approximate surface area is 102 Å². The average Bonchev–Trinajstić information content (AvgIpc) is 2.39. The van der Waals surface area contributed by atoms with Gasteiger partial charge in [-0.15, -0.1) is 0 Å². The number of methoxy groups -OCH3 is 1. The molecule has 1 unspecified atom stereocenters. The van der Waals surface area contributed by atoms with Gasteiger partial charge >= 0.3 is 0 Å². The first kappa shape index (κ1) is 12.2. The highest BCUT2D eigenvalue weighted by atomic mass is 16.5. The van der Waals surface area contributed by atoms with Crippen LogP contribution in [0.15, 0.2) is 24.3 Å². The van der Waals surface area contributed by atoms with Crippen LogP contribution in [0.2, 0.25) is 0 Å². The summed E-state index contributed by atoms with van der Waals surface area (Å²) in [4.78, 5) is 2.21. The number of ether oxygens (including phenoxy) is 1. The molecule has 0 spiro atoms. The molecule has 4 nitrogen and oxygen atoms in total. The SMILES string of the molecule is COc1cccc(N2CCCC(N)(CO)C2)c1. The lowest BCUT2D eigenvalue weighted by Crippen LogP contribution is -2.56. The number of nitrogens with zero attached hydrogens (tertiary/aromatic N) is 1. The highest BCUT2D eigenvalue weighted by Crippen LogP contribution is 2.26. The van der Waals surface area contributed by atoms with Crippen molar-refractivity contribution in [2.45, 2.75) is 18.4 Å². The Morgan fingerprint density at radius 3 is 3.06 bits per heavy atom. The van der Waals surface area contributed by atoms with Crippen molar-refractivity contribution in [3.05, 3.63) is 24.3 Å². The largest absolute Gasteiger partial charge is 0.497 e. The van der Waals surface area contributed by atoms with E-state index < -0.39 is 5.54 Å². The van der Waals surface area contributed by atoms with E-state index in [2.05, 4.69) is 4.90 Å². The van der Waals surface area contributed by atoms with Crippen molar-refractivity contribution in [3.63, 3.8) is 0 Å². The van der Waals surface area contributed by atoms with Crippen molar-refractivity contribution in [2.75, 3.05) is 31.7 Å². The molecule has 3 N–H and O–H groups in total. The minimum Gasteiger partial charge on any atom is -0.497 e. The molecule has 1 heterocycles. The second-order valence-electron chi connectivity index (χ2n) is 4.75. The van der Waals surface area contributed by atoms with Crippen molar-refractivity contribution in [1.29, 1.82) is 0 Å². The summed E-state index contributed by atoms with van der Waals surface area (Å²) in [5.74, 6) is 0.847. The van der Waals surface area contributed by atoms with Crippen molar-refractivity contribution < 1.29 is 9.84 Å². The van der Waals surface area contributed by atoms with Gasteiger partial charge in [0.15, 0.2) is 0 Å². The van der Waals surface area contributed by atoms with Crippen molar-refractivity contribution in [2.24, 2.45) is 5.73 Å². The monoisotopic (exact) mass is 236 g/mol. The van der Waals surface area contributed by atoms with Gasteiger partial charge in [-0.05, 0) is 25.0 Å². The number of rotatable bonds is 3. The van der Waals surface area contributed by atoms with E-state index in [1.165, 1.54) is 0 Å². The predicted molar refractivity (Wildman–Crippen MR) is 68.4 cm³/mol. The van der Waals surface area contributed by atoms with Gasteiger partial charge in [0, 0.05) is 24.8 Å². The highest BCUT2D eigenvalue weighted by Gasteiger charge is 2.31. The number of nitrogens with two attached hydrogens (primary N) is 1. The maximum Gasteiger partial charge on any atom is 0.120 e. The third-order valence-corrected chi connectivity index (χ3v) is 3.34. The van der Waals surface area contributed by atoms with E-state index in [4.69, 9.17) is 10.5 Å². The van der Waals surface area contributed by atoms with E-state index in [0.717, 1.165) is 30.8 Å². The van der Waals surface area contributed by atoms with Crippen LogP contribution in [0.3, 0.4) is 0 Å². The Morgan fingerprint density at radius 2 is 2.35 bits per heavy atom. The number of hydrogen-bond donors (Lipinski definition) is 2. The number of anilines is 1. The first-order chi connectivity index (χ1) is 8.17. The lowest BCUT2D eigenvalue weighted by atomic mass is 9.91. The van der Waals surface area contributed by atoms with E-state index in [1.54, 1.807) is 7.11 Å². The average molecular weight is 236 g/mol. The number of piperidine rings is 1. The molecule has 17 heavy (non-hydrogen) atoms. The molecule has 94 valence electrons. The molecule has 0 amide bonds. The fraction of sp³-hybridized carbons (Fsp3) is 0.538. The first-order valence-corrected chi connectivity index (χ1v) is 5.96. The lowest BCUT2D eigenvalue weighted by Gasteiger charge is -2.40. The molecule has 0 saturated carbocycles. The molecule has 1 aromatic carbocycles. The number of aliphatic hydroxyl groups is 1. The summed E-state index contributed by atoms with van der Waals surface area (Å²) in [6.07, 6.45) is 1.89. The molecule has 0 bridgehead atoms. The van der Waals surface area contributed by atoms with Crippen LogP contribution in [0.4, 0.5) is 5.69 Å². The summed E-state index contributed by atoms with van der Waals surface area (Å²) in [6.45, 7) is 1.70. The van der Waals surface area contributed by atoms with Crippen LogP contribution in [0.5, 0.6) is 5.75 Å². The molecule has 1 atom stereocenters. The molecule has 1 aliphatic rings. The molecule has 4 heteroatoms. The molecule has 1 fully saturated rings. The zero-order valence-corrected chi connectivity index (χ0v) is 10.2. The molecule has 1 aliphatic heterocycles. The van der Waals surface area contributed by atoms with Crippen LogP contribution in [0.1, 0.15) is 12.8 Å². The molecule has 2 rings (SSSR count). The Hall–Kier alpha value is -1.26. The van der Waals surface area contributed by atoms with E-state index in [1.807, 2.05) is 24.3 Å². The van der Waals surface area contributed by atoms with E-state index in [-0.39, 0.29) is 6.61 Å². The van der Waals surface area contributed by atoms with E-state index in [9.17, 15) is 5.11 Å². The summed E-state index contributed by atoms with van der Waals surface area (Å²) < 4.78 is 5.22. The fourth-order valence-corrected chi connectivity index (χ4v) is 2.32. The zero-order valence-electron chi connectivity index (χ0n) is 10.2. The summed E-state index contributed by atoms with van der Waals surface area (Å²) in [7, 11) is 1.66. The van der Waals surface area contributed by atoms with Gasteiger partial charge < -0.3 is 20.5 Å². The predicted octanol–water partition coefficient (Wildman–Crippen LogP) is 0.985. The van der Waals surface area contributed by atoms with E-state index >= 15 is 0 Å². The van der Waals surface area contributed by atoms with Gasteiger partial charge in [-0.1, -0.05) is 6.07 Å². The molecule has 1 aromatic rings. The van der Waals surface area contributed by atoms with Gasteiger partial charge in [-0.3, -0.25) is 0 Å². The van der Waals surface area contributed by atoms with Crippen LogP contribution < -0.4 is 15.4 Å². The van der Waals surface area contributed by atoms with Crippen LogP contribution in [0, 0.1) is 0 Å². The molecule has 0 radical (unpaired) electrons. The van der Waals surface area contributed by atoms with Crippen LogP contribution in [-0.4, -0.2) is 37.5 Å². The van der Waals surface area contributed by atoms with Gasteiger partial charge in [0.2, 0.25) is 0 Å². The number of hydrogen-bond acceptors (Lipinski definition) is 4. The lowest BCUT2D eigenvalue weighted by molar-refractivity contribution is 0.177. The van der Waals surface area contributed by atoms with Gasteiger partial charge in [-0.2, -0.15) is 0 Å². The Kier molecular flexibility index (Phi) is 3.54. The molecule has 0 aromatic heterocycles. The second kappa shape index (κ2) is 4.94. The van der Waals surface area contributed by atoms with E-state index in [0.29, 0.717) is 6.54 Å². The maximum absolute atomic E-state index is 9.34. The summed E-state index contributed by atoms with van der Waals surface area (Å²) in [5, 5.41) is 9.34. The van der Waals surface area contributed by atoms with Crippen LogP contribution in [0.25, 0.3) is 0 Å². The molecular weight excluding hydrogens is 216 g/mol. The smallest absolute Gasteiger partial charge is 0.120 e. The normalized spacial score (nSPS) is 24.8. The summed E-state index contributed by atoms with van der Waals surface area (Å²) >= 11 is 0. The maximum atomic E-state index is 9.34. The van der Waals surface area contributed by atoms with Gasteiger partial charge in [0.25, 0.3) is 0 Å². The summed E-state index contributed by atoms with van der Waals surface area (Å²) in [5.41, 5.74) is 6.77. The number of benzene rings is 1. The topological polar surface area (TPSA) is 58.7 Å². The highest BCUT2D eigenvalue weighted by molar-refractivity contribution is 5.51. The van der Waals surface area contributed by atoms with Gasteiger partial charge in [0.05, 0.1) is 19.3 Å². The standard InChI is InChI=1S/C13H20N2O2/c1-17-12-5-2-4-11(8-12)15-7-3-6-13(14,9-15)10-16/h2,4-5,8,16H,3,6-7,9-10,14H2,1H3. The second-order valence-corrected chi connectivity index (χ2v) is 4.75. The van der Waals surface area contributed by atoms with Crippen molar-refractivity contribution >= 4 is 5.69 Å². The quantitative estimate of drug-likeness (QED) is 0.821. The third kappa shape index (κ3) is 2.70. The Balaban J connectivity index is 2.16.